The Morgan fingerprint density at radius 1 is 0.556 bits per heavy atom. The second-order valence-electron chi connectivity index (χ2n) is 12.4. The van der Waals surface area contributed by atoms with E-state index in [2.05, 4.69) is 0 Å². The highest BCUT2D eigenvalue weighted by atomic mass is 16.8. The average Bonchev–Trinajstić information content (AvgIpc) is 3.00. The molecule has 0 radical (unpaired) electrons. The number of carboxylic acid groups (broad SMARTS) is 1. The normalized spacial score (nSPS) is 32.0. The van der Waals surface area contributed by atoms with Crippen LogP contribution in [0.15, 0.2) is 0 Å². The molecule has 0 aromatic carbocycles. The van der Waals surface area contributed by atoms with E-state index in [-0.39, 0.29) is 12.4 Å². The summed E-state index contributed by atoms with van der Waals surface area (Å²) >= 11 is 0. The van der Waals surface area contributed by atoms with Crippen molar-refractivity contribution < 1.29 is 63.9 Å². The van der Waals surface area contributed by atoms with E-state index in [1.54, 1.807) is 6.92 Å². The first kappa shape index (κ1) is 39.8. The molecule has 0 aromatic heterocycles. The maximum Gasteiger partial charge on any atom is 0.305 e. The van der Waals surface area contributed by atoms with E-state index in [0.29, 0.717) is 19.6 Å². The van der Waals surface area contributed by atoms with E-state index in [9.17, 15) is 35.1 Å². The maximum absolute atomic E-state index is 11.9. The smallest absolute Gasteiger partial charge is 0.305 e. The van der Waals surface area contributed by atoms with Crippen molar-refractivity contribution in [1.29, 1.82) is 0 Å². The Morgan fingerprint density at radius 3 is 1.60 bits per heavy atom. The van der Waals surface area contributed by atoms with Crippen LogP contribution in [0.2, 0.25) is 0 Å². The molecule has 10 unspecified atom stereocenters. The molecule has 0 bridgehead atoms. The van der Waals surface area contributed by atoms with Gasteiger partial charge in [-0.05, 0) is 39.5 Å². The van der Waals surface area contributed by atoms with Gasteiger partial charge in [0.05, 0.1) is 18.8 Å². The molecule has 6 N–H and O–H groups in total. The zero-order valence-electron chi connectivity index (χ0n) is 27.0. The number of aliphatic hydroxyl groups excluding tert-OH is 5. The first-order valence-corrected chi connectivity index (χ1v) is 16.9. The van der Waals surface area contributed by atoms with E-state index in [4.69, 9.17) is 28.8 Å². The number of carbonyl (C=O) groups is 2. The number of hydrogen-bond donors (Lipinski definition) is 6. The van der Waals surface area contributed by atoms with Crippen LogP contribution in [0, 0.1) is 0 Å². The van der Waals surface area contributed by atoms with Crippen LogP contribution in [0.5, 0.6) is 0 Å². The first-order valence-electron chi connectivity index (χ1n) is 16.9. The molecule has 45 heavy (non-hydrogen) atoms. The molecule has 0 aromatic rings. The Labute approximate surface area is 267 Å². The van der Waals surface area contributed by atoms with Gasteiger partial charge in [-0.1, -0.05) is 64.2 Å². The van der Waals surface area contributed by atoms with Crippen LogP contribution in [-0.2, 0) is 33.3 Å². The number of esters is 1. The first-order chi connectivity index (χ1) is 21.5. The van der Waals surface area contributed by atoms with Gasteiger partial charge in [-0.3, -0.25) is 9.59 Å². The Morgan fingerprint density at radius 2 is 1.02 bits per heavy atom. The molecule has 2 aliphatic rings. The van der Waals surface area contributed by atoms with Gasteiger partial charge in [0.1, 0.15) is 36.6 Å². The maximum atomic E-state index is 11.9. The number of carbonyl (C=O) groups excluding carboxylic acids is 1. The van der Waals surface area contributed by atoms with E-state index >= 15 is 0 Å². The number of aliphatic hydroxyl groups is 5. The fraction of sp³-hybridized carbons (Fsp3) is 0.938. The summed E-state index contributed by atoms with van der Waals surface area (Å²) in [7, 11) is 0. The van der Waals surface area contributed by atoms with Crippen molar-refractivity contribution >= 4 is 11.9 Å². The predicted octanol–water partition coefficient (Wildman–Crippen LogP) is 2.55. The third-order valence-electron chi connectivity index (χ3n) is 8.49. The van der Waals surface area contributed by atoms with Crippen molar-refractivity contribution in [2.24, 2.45) is 0 Å². The van der Waals surface area contributed by atoms with Crippen LogP contribution in [0.25, 0.3) is 0 Å². The summed E-state index contributed by atoms with van der Waals surface area (Å²) in [6.07, 6.45) is 1.77. The van der Waals surface area contributed by atoms with Crippen LogP contribution in [-0.4, -0.2) is 117 Å². The van der Waals surface area contributed by atoms with Crippen LogP contribution in [0.3, 0.4) is 0 Å². The summed E-state index contributed by atoms with van der Waals surface area (Å²) < 4.78 is 28.1. The quantitative estimate of drug-likeness (QED) is 0.0697. The molecule has 13 heteroatoms. The highest BCUT2D eigenvalue weighted by molar-refractivity contribution is 5.69. The van der Waals surface area contributed by atoms with Gasteiger partial charge in [-0.25, -0.2) is 0 Å². The zero-order valence-corrected chi connectivity index (χ0v) is 27.0. The minimum Gasteiger partial charge on any atom is -0.481 e. The SMILES string of the molecule is CC1OC(OC2C(OCCCCCCCCCC(=O)OCCCCCCCCCC(=O)O)OC(C)C(O)C2O)C(O)C(O)C1O. The largest absolute Gasteiger partial charge is 0.481 e. The van der Waals surface area contributed by atoms with Gasteiger partial charge in [0, 0.05) is 19.4 Å². The van der Waals surface area contributed by atoms with Crippen molar-refractivity contribution in [3.05, 3.63) is 0 Å². The van der Waals surface area contributed by atoms with Gasteiger partial charge in [0.25, 0.3) is 0 Å². The molecule has 13 nitrogen and oxygen atoms in total. The summed E-state index contributed by atoms with van der Waals surface area (Å²) in [5.41, 5.74) is 0. The van der Waals surface area contributed by atoms with E-state index < -0.39 is 67.4 Å². The molecule has 2 rings (SSSR count). The molecule has 0 amide bonds. The molecule has 2 heterocycles. The Bertz CT molecular complexity index is 814. The highest BCUT2D eigenvalue weighted by Gasteiger charge is 2.49. The van der Waals surface area contributed by atoms with E-state index in [0.717, 1.165) is 89.9 Å². The molecule has 2 saturated heterocycles. The van der Waals surface area contributed by atoms with Gasteiger partial charge < -0.3 is 54.3 Å². The topological polar surface area (TPSA) is 202 Å². The Kier molecular flexibility index (Phi) is 19.6. The zero-order chi connectivity index (χ0) is 33.2. The molecular formula is C32H58O13. The third-order valence-corrected chi connectivity index (χ3v) is 8.49. The monoisotopic (exact) mass is 650 g/mol. The van der Waals surface area contributed by atoms with Crippen molar-refractivity contribution in [3.63, 3.8) is 0 Å². The molecule has 10 atom stereocenters. The van der Waals surface area contributed by atoms with Crippen molar-refractivity contribution in [2.75, 3.05) is 13.2 Å². The van der Waals surface area contributed by atoms with Crippen molar-refractivity contribution in [3.8, 4) is 0 Å². The highest BCUT2D eigenvalue weighted by Crippen LogP contribution is 2.29. The van der Waals surface area contributed by atoms with Crippen molar-refractivity contribution in [2.45, 2.75) is 178 Å². The van der Waals surface area contributed by atoms with Crippen LogP contribution < -0.4 is 0 Å². The van der Waals surface area contributed by atoms with Gasteiger partial charge in [-0.15, -0.1) is 0 Å². The number of hydrogen-bond acceptors (Lipinski definition) is 12. The predicted molar refractivity (Wildman–Crippen MR) is 162 cm³/mol. The lowest BCUT2D eigenvalue weighted by atomic mass is 9.98. The second kappa shape index (κ2) is 22.2. The second-order valence-corrected chi connectivity index (χ2v) is 12.4. The lowest BCUT2D eigenvalue weighted by Gasteiger charge is -2.45. The van der Waals surface area contributed by atoms with E-state index in [1.807, 2.05) is 0 Å². The number of aliphatic carboxylic acids is 1. The summed E-state index contributed by atoms with van der Waals surface area (Å²) in [4.78, 5) is 22.4. The molecule has 0 aliphatic carbocycles. The summed E-state index contributed by atoms with van der Waals surface area (Å²) in [5, 5.41) is 59.9. The number of carboxylic acids is 1. The average molecular weight is 651 g/mol. The van der Waals surface area contributed by atoms with Crippen LogP contribution in [0.4, 0.5) is 0 Å². The number of rotatable bonds is 23. The van der Waals surface area contributed by atoms with Gasteiger partial charge >= 0.3 is 11.9 Å². The minimum atomic E-state index is -1.57. The molecule has 264 valence electrons. The summed E-state index contributed by atoms with van der Waals surface area (Å²) in [5.74, 6) is -0.881. The number of ether oxygens (including phenoxy) is 5. The number of unbranched alkanes of at least 4 members (excludes halogenated alkanes) is 12. The molecule has 2 aliphatic heterocycles. The summed E-state index contributed by atoms with van der Waals surface area (Å²) in [6, 6.07) is 0. The van der Waals surface area contributed by atoms with Gasteiger partial charge in [0.2, 0.25) is 0 Å². The fourth-order valence-corrected chi connectivity index (χ4v) is 5.54. The molecule has 0 spiro atoms. The summed E-state index contributed by atoms with van der Waals surface area (Å²) in [6.45, 7) is 3.91. The van der Waals surface area contributed by atoms with Crippen molar-refractivity contribution in [1.82, 2.24) is 0 Å². The lowest BCUT2D eigenvalue weighted by molar-refractivity contribution is -0.361. The lowest BCUT2D eigenvalue weighted by Crippen LogP contribution is -2.63. The minimum absolute atomic E-state index is 0.146. The van der Waals surface area contributed by atoms with E-state index in [1.165, 1.54) is 6.92 Å². The van der Waals surface area contributed by atoms with Crippen LogP contribution in [0.1, 0.15) is 117 Å². The Balaban J connectivity index is 1.50. The molecular weight excluding hydrogens is 592 g/mol. The van der Waals surface area contributed by atoms with Gasteiger partial charge in [0.15, 0.2) is 12.6 Å². The fourth-order valence-electron chi connectivity index (χ4n) is 5.54. The van der Waals surface area contributed by atoms with Crippen LogP contribution >= 0.6 is 0 Å². The third kappa shape index (κ3) is 14.9. The molecule has 2 fully saturated rings. The van der Waals surface area contributed by atoms with Gasteiger partial charge in [-0.2, -0.15) is 0 Å². The standard InChI is InChI=1S/C32H58O13/c1-21-25(36)27(38)29(40)31(43-21)45-30-28(39)26(37)22(2)44-32(30)42-20-16-12-8-4-6-10-14-18-24(35)41-19-15-11-7-3-5-9-13-17-23(33)34/h21-22,25-32,36-40H,3-20H2,1-2H3,(H,33,34). The molecule has 0 saturated carbocycles. The Hall–Kier alpha value is -1.42.